The number of sulfonamides is 1. The number of imide groups is 2. The van der Waals surface area contributed by atoms with Gasteiger partial charge in [-0.15, -0.1) is 0 Å². The van der Waals surface area contributed by atoms with Crippen LogP contribution in [0.4, 0.5) is 21.9 Å². The van der Waals surface area contributed by atoms with E-state index < -0.39 is 63.6 Å². The van der Waals surface area contributed by atoms with Gasteiger partial charge in [0.2, 0.25) is 5.91 Å². The fraction of sp³-hybridized carbons (Fsp3) is 0.444. The van der Waals surface area contributed by atoms with Crippen molar-refractivity contribution in [2.75, 3.05) is 17.2 Å². The van der Waals surface area contributed by atoms with Crippen LogP contribution in [-0.2, 0) is 40.5 Å². The zero-order valence-electron chi connectivity index (χ0n) is 35.4. The van der Waals surface area contributed by atoms with Gasteiger partial charge in [0.25, 0.3) is 15.9 Å². The molecule has 18 heteroatoms. The van der Waals surface area contributed by atoms with E-state index >= 15 is 0 Å². The summed E-state index contributed by atoms with van der Waals surface area (Å²) in [7, 11) is -4.60. The molecule has 2 fully saturated rings. The predicted octanol–water partition coefficient (Wildman–Crippen LogP) is 9.00. The van der Waals surface area contributed by atoms with Crippen LogP contribution in [0.1, 0.15) is 120 Å². The number of amidine groups is 1. The Hall–Kier alpha value is -5.32. The molecule has 15 nitrogen and oxygen atoms in total. The number of anilines is 2. The van der Waals surface area contributed by atoms with Crippen molar-refractivity contribution in [1.29, 1.82) is 0 Å². The Morgan fingerprint density at radius 1 is 0.810 bits per heavy atom. The summed E-state index contributed by atoms with van der Waals surface area (Å²) in [6, 6.07) is 10.7. The molecule has 336 valence electrons. The first-order valence-corrected chi connectivity index (χ1v) is 23.7. The molecule has 1 saturated heterocycles. The molecule has 0 bridgehead atoms. The molecular formula is C45H52Cl2N6O9S. The van der Waals surface area contributed by atoms with E-state index in [4.69, 9.17) is 27.9 Å². The molecule has 3 aromatic rings. The lowest BCUT2D eigenvalue weighted by atomic mass is 10.1. The zero-order valence-corrected chi connectivity index (χ0v) is 37.7. The molecule has 2 N–H and O–H groups in total. The largest absolute Gasteiger partial charge is 0.462 e. The van der Waals surface area contributed by atoms with Crippen LogP contribution in [0.5, 0.6) is 0 Å². The van der Waals surface area contributed by atoms with Gasteiger partial charge >= 0.3 is 23.8 Å². The van der Waals surface area contributed by atoms with Gasteiger partial charge < -0.3 is 15.4 Å². The Kier molecular flexibility index (Phi) is 16.0. The fourth-order valence-electron chi connectivity index (χ4n) is 8.07. The number of nitrogens with one attached hydrogen (secondary N) is 2. The lowest BCUT2D eigenvalue weighted by Gasteiger charge is -2.39. The molecule has 1 saturated carbocycles. The summed E-state index contributed by atoms with van der Waals surface area (Å²) < 4.78 is 36.0. The number of ether oxygens (including phenoxy) is 1. The predicted molar refractivity (Wildman–Crippen MR) is 239 cm³/mol. The van der Waals surface area contributed by atoms with Gasteiger partial charge in [0, 0.05) is 13.0 Å². The van der Waals surface area contributed by atoms with Crippen molar-refractivity contribution in [3.63, 3.8) is 0 Å². The third-order valence-electron chi connectivity index (χ3n) is 11.2. The van der Waals surface area contributed by atoms with Crippen LogP contribution in [-0.4, -0.2) is 82.7 Å². The fourth-order valence-corrected chi connectivity index (χ4v) is 10.4. The number of nitrogens with zero attached hydrogens (tertiary/aromatic N) is 4. The SMILES string of the molecule is CCCCCCCCCCCCOC(=O)c1cc(NC(=O)C(C2=Nc3c(NC(C)=O)cccc3S(=O)(=O)N2C2CCCC2)N2C(=O)C(=O)N(Cc3ccccc3)C2=O)c(Cl)cc1Cl. The van der Waals surface area contributed by atoms with Crippen molar-refractivity contribution in [3.05, 3.63) is 81.8 Å². The summed E-state index contributed by atoms with van der Waals surface area (Å²) in [6.07, 6.45) is 12.9. The first kappa shape index (κ1) is 47.2. The third kappa shape index (κ3) is 10.9. The summed E-state index contributed by atoms with van der Waals surface area (Å²) in [6.45, 7) is 3.19. The van der Waals surface area contributed by atoms with Crippen molar-refractivity contribution in [2.24, 2.45) is 4.99 Å². The number of fused-ring (bicyclic) bond motifs is 1. The number of carbonyl (C=O) groups is 6. The molecule has 0 aromatic heterocycles. The van der Waals surface area contributed by atoms with Crippen molar-refractivity contribution < 1.29 is 41.9 Å². The van der Waals surface area contributed by atoms with E-state index in [0.717, 1.165) is 30.0 Å². The Morgan fingerprint density at radius 2 is 1.46 bits per heavy atom. The molecule has 3 aromatic carbocycles. The average molecular weight is 924 g/mol. The maximum absolute atomic E-state index is 14.9. The lowest BCUT2D eigenvalue weighted by Crippen LogP contribution is -2.60. The minimum Gasteiger partial charge on any atom is -0.462 e. The first-order valence-electron chi connectivity index (χ1n) is 21.5. The Morgan fingerprint density at radius 3 is 2.11 bits per heavy atom. The number of rotatable bonds is 20. The van der Waals surface area contributed by atoms with Gasteiger partial charge in [-0.1, -0.05) is 137 Å². The minimum atomic E-state index is -4.60. The first-order chi connectivity index (χ1) is 30.2. The van der Waals surface area contributed by atoms with E-state index in [1.807, 2.05) is 0 Å². The number of hydrogen-bond acceptors (Lipinski definition) is 10. The number of carbonyl (C=O) groups excluding carboxylic acids is 6. The van der Waals surface area contributed by atoms with Crippen LogP contribution >= 0.6 is 23.2 Å². The van der Waals surface area contributed by atoms with Crippen molar-refractivity contribution in [3.8, 4) is 0 Å². The van der Waals surface area contributed by atoms with Crippen molar-refractivity contribution >= 4 is 91.8 Å². The van der Waals surface area contributed by atoms with Crippen molar-refractivity contribution in [1.82, 2.24) is 14.1 Å². The molecule has 1 unspecified atom stereocenters. The van der Waals surface area contributed by atoms with Crippen LogP contribution in [0.2, 0.25) is 10.0 Å². The summed E-state index contributed by atoms with van der Waals surface area (Å²) in [5, 5.41) is 4.90. The maximum Gasteiger partial charge on any atom is 0.339 e. The molecule has 2 aliphatic heterocycles. The van der Waals surface area contributed by atoms with Crippen LogP contribution in [0.15, 0.2) is 70.6 Å². The molecule has 1 atom stereocenters. The number of benzene rings is 3. The Labute approximate surface area is 377 Å². The monoisotopic (exact) mass is 922 g/mol. The summed E-state index contributed by atoms with van der Waals surface area (Å²) in [5.74, 6) is -5.78. The van der Waals surface area contributed by atoms with E-state index in [1.165, 1.54) is 69.4 Å². The normalized spacial score (nSPS) is 16.5. The van der Waals surface area contributed by atoms with Gasteiger partial charge in [-0.05, 0) is 49.1 Å². The number of aliphatic imine (C=N–C) groups is 1. The summed E-state index contributed by atoms with van der Waals surface area (Å²) in [4.78, 5) is 88.1. The molecule has 6 amide bonds. The quantitative estimate of drug-likeness (QED) is 0.0482. The van der Waals surface area contributed by atoms with Crippen LogP contribution < -0.4 is 10.6 Å². The van der Waals surface area contributed by atoms with Gasteiger partial charge in [0.05, 0.1) is 40.1 Å². The second kappa shape index (κ2) is 21.4. The van der Waals surface area contributed by atoms with Crippen molar-refractivity contribution in [2.45, 2.75) is 127 Å². The van der Waals surface area contributed by atoms with E-state index in [2.05, 4.69) is 22.5 Å². The standard InChI is InChI=1S/C45H52Cl2N6O9S/c1-3-4-5-6-7-8-9-10-11-17-25-62-44(58)32-26-36(34(47)27-33(32)46)49-41(55)39(52-43(57)42(56)51(45(52)59)28-30-19-13-12-14-20-30)40-50-38-35(48-29(2)54)23-18-24-37(38)63(60,61)53(40)31-21-15-16-22-31/h12-14,18-20,23-24,26-27,31,39H,3-11,15-17,21-22,25,28H2,1-2H3,(H,48,54)(H,49,55). The van der Waals surface area contributed by atoms with E-state index in [0.29, 0.717) is 47.5 Å². The number of halogens is 2. The van der Waals surface area contributed by atoms with Crippen LogP contribution in [0.3, 0.4) is 0 Å². The number of hydrogen-bond donors (Lipinski definition) is 2. The van der Waals surface area contributed by atoms with Gasteiger partial charge in [-0.3, -0.25) is 24.1 Å². The summed E-state index contributed by atoms with van der Waals surface area (Å²) in [5.41, 5.74) is -0.113. The van der Waals surface area contributed by atoms with Gasteiger partial charge in [0.15, 0.2) is 11.9 Å². The number of para-hydroxylation sites is 1. The van der Waals surface area contributed by atoms with Crippen LogP contribution in [0.25, 0.3) is 0 Å². The second-order valence-electron chi connectivity index (χ2n) is 15.9. The highest BCUT2D eigenvalue weighted by Gasteiger charge is 2.55. The third-order valence-corrected chi connectivity index (χ3v) is 13.8. The van der Waals surface area contributed by atoms with Gasteiger partial charge in [-0.25, -0.2) is 32.2 Å². The highest BCUT2D eigenvalue weighted by atomic mass is 35.5. The highest BCUT2D eigenvalue weighted by molar-refractivity contribution is 7.90. The molecule has 1 aliphatic carbocycles. The smallest absolute Gasteiger partial charge is 0.339 e. The van der Waals surface area contributed by atoms with E-state index in [-0.39, 0.29) is 50.7 Å². The maximum atomic E-state index is 14.9. The molecular weight excluding hydrogens is 872 g/mol. The number of unbranched alkanes of at least 4 members (excludes halogenated alkanes) is 9. The molecule has 0 spiro atoms. The topological polar surface area (TPSA) is 192 Å². The molecule has 0 radical (unpaired) electrons. The van der Waals surface area contributed by atoms with Crippen LogP contribution in [0, 0.1) is 0 Å². The minimum absolute atomic E-state index is 0.0196. The molecule has 63 heavy (non-hydrogen) atoms. The highest BCUT2D eigenvalue weighted by Crippen LogP contribution is 2.43. The molecule has 3 aliphatic rings. The Bertz CT molecular complexity index is 2370. The number of urea groups is 1. The number of amides is 6. The number of esters is 1. The summed E-state index contributed by atoms with van der Waals surface area (Å²) >= 11 is 13.1. The van der Waals surface area contributed by atoms with Gasteiger partial charge in [-0.2, -0.15) is 0 Å². The zero-order chi connectivity index (χ0) is 45.3. The lowest BCUT2D eigenvalue weighted by molar-refractivity contribution is -0.144. The van der Waals surface area contributed by atoms with Gasteiger partial charge in [0.1, 0.15) is 10.6 Å². The van der Waals surface area contributed by atoms with E-state index in [1.54, 1.807) is 30.3 Å². The molecule has 6 rings (SSSR count). The molecule has 2 heterocycles. The van der Waals surface area contributed by atoms with E-state index in [9.17, 15) is 37.2 Å². The average Bonchev–Trinajstić information content (AvgIpc) is 3.84. The Balaban J connectivity index is 1.34. The second-order valence-corrected chi connectivity index (χ2v) is 18.5.